The van der Waals surface area contributed by atoms with Crippen LogP contribution < -0.4 is 10.6 Å². The van der Waals surface area contributed by atoms with E-state index >= 15 is 0 Å². The van der Waals surface area contributed by atoms with Crippen LogP contribution in [0.1, 0.15) is 13.3 Å². The summed E-state index contributed by atoms with van der Waals surface area (Å²) in [6.07, 6.45) is 1.22. The van der Waals surface area contributed by atoms with Gasteiger partial charge in [-0.05, 0) is 49.0 Å². The van der Waals surface area contributed by atoms with E-state index in [9.17, 15) is 4.39 Å². The molecule has 2 rings (SSSR count). The van der Waals surface area contributed by atoms with Crippen LogP contribution in [0.3, 0.4) is 0 Å². The highest BCUT2D eigenvalue weighted by molar-refractivity contribution is 7.99. The molecule has 2 nitrogen and oxygen atoms in total. The molecule has 2 unspecified atom stereocenters. The molecule has 1 aromatic rings. The lowest BCUT2D eigenvalue weighted by molar-refractivity contribution is 0.441. The molecule has 100 valence electrons. The van der Waals surface area contributed by atoms with E-state index in [4.69, 9.17) is 5.73 Å². The summed E-state index contributed by atoms with van der Waals surface area (Å²) in [5.74, 6) is 2.85. The first-order valence-corrected chi connectivity index (χ1v) is 7.71. The van der Waals surface area contributed by atoms with Gasteiger partial charge in [-0.2, -0.15) is 11.8 Å². The number of nitrogens with zero attached hydrogens (tertiary/aromatic N) is 1. The van der Waals surface area contributed by atoms with Gasteiger partial charge in [-0.25, -0.2) is 4.39 Å². The molecule has 0 aromatic heterocycles. The van der Waals surface area contributed by atoms with Crippen molar-refractivity contribution in [2.24, 2.45) is 11.7 Å². The van der Waals surface area contributed by atoms with Crippen LogP contribution in [0.15, 0.2) is 24.3 Å². The van der Waals surface area contributed by atoms with Gasteiger partial charge in [0.05, 0.1) is 0 Å². The van der Waals surface area contributed by atoms with Crippen LogP contribution in [0.4, 0.5) is 10.1 Å². The molecule has 18 heavy (non-hydrogen) atoms. The number of hydrogen-bond acceptors (Lipinski definition) is 3. The maximum atomic E-state index is 13.3. The first kappa shape index (κ1) is 13.7. The van der Waals surface area contributed by atoms with Gasteiger partial charge in [-0.3, -0.25) is 0 Å². The smallest absolute Gasteiger partial charge is 0.125 e. The third-order valence-electron chi connectivity index (χ3n) is 3.63. The highest BCUT2D eigenvalue weighted by atomic mass is 32.2. The molecule has 2 N–H and O–H groups in total. The Morgan fingerprint density at radius 1 is 1.56 bits per heavy atom. The number of likely N-dealkylation sites (N-methyl/N-ethyl adjacent to an activating group) is 1. The van der Waals surface area contributed by atoms with Gasteiger partial charge in [-0.1, -0.05) is 6.07 Å². The van der Waals surface area contributed by atoms with Gasteiger partial charge in [0.15, 0.2) is 0 Å². The Labute approximate surface area is 113 Å². The Morgan fingerprint density at radius 2 is 2.39 bits per heavy atom. The van der Waals surface area contributed by atoms with Crippen molar-refractivity contribution in [1.29, 1.82) is 0 Å². The van der Waals surface area contributed by atoms with Crippen LogP contribution in [-0.4, -0.2) is 30.6 Å². The summed E-state index contributed by atoms with van der Waals surface area (Å²) in [5.41, 5.74) is 6.91. The number of anilines is 1. The Bertz CT molecular complexity index is 380. The van der Waals surface area contributed by atoms with Crippen LogP contribution >= 0.6 is 11.8 Å². The number of rotatable bonds is 5. The zero-order valence-corrected chi connectivity index (χ0v) is 11.6. The molecule has 0 spiro atoms. The Kier molecular flexibility index (Phi) is 4.89. The molecular formula is C14H21FN2S. The average molecular weight is 268 g/mol. The second kappa shape index (κ2) is 6.43. The quantitative estimate of drug-likeness (QED) is 0.890. The van der Waals surface area contributed by atoms with Gasteiger partial charge in [-0.15, -0.1) is 0 Å². The van der Waals surface area contributed by atoms with E-state index < -0.39 is 0 Å². The van der Waals surface area contributed by atoms with Gasteiger partial charge in [0.25, 0.3) is 0 Å². The standard InChI is InChI=1S/C14H21FN2S/c1-2-17(13-5-3-4-12(15)8-13)14(9-16)11-6-7-18-10-11/h3-5,8,11,14H,2,6-7,9-10,16H2,1H3. The lowest BCUT2D eigenvalue weighted by Gasteiger charge is -2.35. The van der Waals surface area contributed by atoms with Gasteiger partial charge in [0.2, 0.25) is 0 Å². The van der Waals surface area contributed by atoms with Gasteiger partial charge >= 0.3 is 0 Å². The van der Waals surface area contributed by atoms with Crippen molar-refractivity contribution in [3.05, 3.63) is 30.1 Å². The number of halogens is 1. The maximum absolute atomic E-state index is 13.3. The van der Waals surface area contributed by atoms with E-state index in [0.29, 0.717) is 18.5 Å². The van der Waals surface area contributed by atoms with E-state index in [2.05, 4.69) is 11.8 Å². The molecule has 1 fully saturated rings. The topological polar surface area (TPSA) is 29.3 Å². The van der Waals surface area contributed by atoms with Crippen molar-refractivity contribution >= 4 is 17.4 Å². The Hall–Kier alpha value is -0.740. The SMILES string of the molecule is CCN(c1cccc(F)c1)C(CN)C1CCSC1. The monoisotopic (exact) mass is 268 g/mol. The predicted molar refractivity (Wildman–Crippen MR) is 77.7 cm³/mol. The van der Waals surface area contributed by atoms with Crippen LogP contribution in [0.5, 0.6) is 0 Å². The fourth-order valence-electron chi connectivity index (χ4n) is 2.69. The second-order valence-corrected chi connectivity index (χ2v) is 5.84. The summed E-state index contributed by atoms with van der Waals surface area (Å²) in [5, 5.41) is 0. The third-order valence-corrected chi connectivity index (χ3v) is 4.82. The van der Waals surface area contributed by atoms with Gasteiger partial charge in [0, 0.05) is 24.8 Å². The molecular weight excluding hydrogens is 247 g/mol. The van der Waals surface area contributed by atoms with Crippen LogP contribution in [0.2, 0.25) is 0 Å². The summed E-state index contributed by atoms with van der Waals surface area (Å²) in [6.45, 7) is 3.61. The van der Waals surface area contributed by atoms with Crippen molar-refractivity contribution in [2.45, 2.75) is 19.4 Å². The molecule has 0 amide bonds. The van der Waals surface area contributed by atoms with E-state index in [1.54, 1.807) is 12.1 Å². The van der Waals surface area contributed by atoms with E-state index in [1.807, 2.05) is 17.8 Å². The molecule has 0 aliphatic carbocycles. The van der Waals surface area contributed by atoms with Crippen LogP contribution in [-0.2, 0) is 0 Å². The molecule has 1 aromatic carbocycles. The molecule has 1 aliphatic rings. The fraction of sp³-hybridized carbons (Fsp3) is 0.571. The van der Waals surface area contributed by atoms with Gasteiger partial charge in [0.1, 0.15) is 5.82 Å². The van der Waals surface area contributed by atoms with Crippen molar-refractivity contribution in [3.8, 4) is 0 Å². The lowest BCUT2D eigenvalue weighted by Crippen LogP contribution is -2.46. The van der Waals surface area contributed by atoms with Crippen molar-refractivity contribution < 1.29 is 4.39 Å². The molecule has 0 saturated carbocycles. The third kappa shape index (κ3) is 2.98. The predicted octanol–water partition coefficient (Wildman–Crippen LogP) is 2.73. The van der Waals surface area contributed by atoms with E-state index in [0.717, 1.165) is 12.2 Å². The first-order valence-electron chi connectivity index (χ1n) is 6.56. The van der Waals surface area contributed by atoms with Crippen molar-refractivity contribution in [2.75, 3.05) is 29.5 Å². The molecule has 1 heterocycles. The molecule has 4 heteroatoms. The fourth-order valence-corrected chi connectivity index (χ4v) is 4.02. The first-order chi connectivity index (χ1) is 8.76. The molecule has 1 aliphatic heterocycles. The Balaban J connectivity index is 2.19. The molecule has 0 bridgehead atoms. The summed E-state index contributed by atoms with van der Waals surface area (Å²) in [6, 6.07) is 7.16. The van der Waals surface area contributed by atoms with Gasteiger partial charge < -0.3 is 10.6 Å². The minimum Gasteiger partial charge on any atom is -0.367 e. The second-order valence-electron chi connectivity index (χ2n) is 4.69. The van der Waals surface area contributed by atoms with Crippen molar-refractivity contribution in [3.63, 3.8) is 0 Å². The molecule has 1 saturated heterocycles. The van der Waals surface area contributed by atoms with E-state index in [-0.39, 0.29) is 5.82 Å². The minimum atomic E-state index is -0.178. The molecule has 2 atom stereocenters. The number of nitrogens with two attached hydrogens (primary N) is 1. The number of thioether (sulfide) groups is 1. The number of hydrogen-bond donors (Lipinski definition) is 1. The zero-order valence-electron chi connectivity index (χ0n) is 10.8. The van der Waals surface area contributed by atoms with E-state index in [1.165, 1.54) is 24.0 Å². The van der Waals surface area contributed by atoms with Crippen LogP contribution in [0.25, 0.3) is 0 Å². The molecule has 0 radical (unpaired) electrons. The number of benzene rings is 1. The lowest BCUT2D eigenvalue weighted by atomic mass is 9.97. The summed E-state index contributed by atoms with van der Waals surface area (Å²) < 4.78 is 13.3. The highest BCUT2D eigenvalue weighted by Crippen LogP contribution is 2.30. The summed E-state index contributed by atoms with van der Waals surface area (Å²) in [4.78, 5) is 2.25. The normalized spacial score (nSPS) is 20.9. The Morgan fingerprint density at radius 3 is 2.94 bits per heavy atom. The maximum Gasteiger partial charge on any atom is 0.125 e. The van der Waals surface area contributed by atoms with Crippen LogP contribution in [0, 0.1) is 11.7 Å². The minimum absolute atomic E-state index is 0.178. The average Bonchev–Trinajstić information content (AvgIpc) is 2.89. The highest BCUT2D eigenvalue weighted by Gasteiger charge is 2.28. The zero-order chi connectivity index (χ0) is 13.0. The van der Waals surface area contributed by atoms with Crippen molar-refractivity contribution in [1.82, 2.24) is 0 Å². The summed E-state index contributed by atoms with van der Waals surface area (Å²) >= 11 is 2.00. The summed E-state index contributed by atoms with van der Waals surface area (Å²) in [7, 11) is 0. The largest absolute Gasteiger partial charge is 0.367 e.